The summed E-state index contributed by atoms with van der Waals surface area (Å²) in [5.74, 6) is 0.135. The smallest absolute Gasteiger partial charge is 0.303 e. The summed E-state index contributed by atoms with van der Waals surface area (Å²) in [6.45, 7) is 3.96. The maximum absolute atomic E-state index is 10.8. The molecule has 5 nitrogen and oxygen atoms in total. The summed E-state index contributed by atoms with van der Waals surface area (Å²) in [4.78, 5) is 13.2. The largest absolute Gasteiger partial charge is 0.491 e. The fourth-order valence-corrected chi connectivity index (χ4v) is 4.01. The Morgan fingerprint density at radius 1 is 0.968 bits per heavy atom. The molecule has 0 spiro atoms. The number of hydrogen-bond acceptors (Lipinski definition) is 4. The highest BCUT2D eigenvalue weighted by Crippen LogP contribution is 2.21. The van der Waals surface area contributed by atoms with E-state index in [1.807, 2.05) is 18.2 Å². The zero-order valence-electron chi connectivity index (χ0n) is 18.4. The highest BCUT2D eigenvalue weighted by molar-refractivity contribution is 5.66. The van der Waals surface area contributed by atoms with E-state index in [4.69, 9.17) is 14.6 Å². The number of ether oxygens (including phenoxy) is 2. The number of carboxylic acids is 1. The summed E-state index contributed by atoms with van der Waals surface area (Å²) in [7, 11) is 0. The maximum atomic E-state index is 10.8. The van der Waals surface area contributed by atoms with Gasteiger partial charge < -0.3 is 19.5 Å². The molecule has 0 radical (unpaired) electrons. The Balaban J connectivity index is 1.55. The first kappa shape index (κ1) is 23.3. The van der Waals surface area contributed by atoms with Crippen molar-refractivity contribution in [2.75, 3.05) is 32.8 Å². The van der Waals surface area contributed by atoms with Crippen molar-refractivity contribution in [3.8, 4) is 5.75 Å². The average Bonchev–Trinajstić information content (AvgIpc) is 2.80. The lowest BCUT2D eigenvalue weighted by atomic mass is 10.0. The van der Waals surface area contributed by atoms with Crippen molar-refractivity contribution < 1.29 is 19.4 Å². The van der Waals surface area contributed by atoms with Crippen LogP contribution in [0.4, 0.5) is 0 Å². The number of aryl methyl sites for hydroxylation is 2. The summed E-state index contributed by atoms with van der Waals surface area (Å²) in [5, 5.41) is 8.87. The lowest BCUT2D eigenvalue weighted by Crippen LogP contribution is -2.40. The molecular weight excluding hydrogens is 390 g/mol. The molecule has 0 saturated carbocycles. The van der Waals surface area contributed by atoms with Crippen molar-refractivity contribution in [3.05, 3.63) is 65.7 Å². The Morgan fingerprint density at radius 3 is 2.48 bits per heavy atom. The predicted molar refractivity (Wildman–Crippen MR) is 123 cm³/mol. The monoisotopic (exact) mass is 425 g/mol. The number of carboxylic acid groups (broad SMARTS) is 1. The summed E-state index contributed by atoms with van der Waals surface area (Å²) in [6.07, 6.45) is 6.27. The molecule has 2 aromatic carbocycles. The van der Waals surface area contributed by atoms with E-state index in [9.17, 15) is 4.79 Å². The number of benzene rings is 2. The number of hydrogen-bond donors (Lipinski definition) is 1. The van der Waals surface area contributed by atoms with E-state index in [1.54, 1.807) is 0 Å². The number of rotatable bonds is 13. The van der Waals surface area contributed by atoms with Crippen LogP contribution in [-0.4, -0.2) is 54.9 Å². The fraction of sp³-hybridized carbons (Fsp3) is 0.500. The van der Waals surface area contributed by atoms with Gasteiger partial charge in [-0.1, -0.05) is 55.0 Å². The summed E-state index contributed by atoms with van der Waals surface area (Å²) in [6, 6.07) is 18.7. The van der Waals surface area contributed by atoms with Gasteiger partial charge in [0.15, 0.2) is 0 Å². The minimum atomic E-state index is -0.778. The molecule has 2 aromatic rings. The molecule has 3 rings (SSSR count). The Morgan fingerprint density at radius 2 is 1.71 bits per heavy atom. The molecular formula is C26H35NO4. The van der Waals surface area contributed by atoms with Crippen LogP contribution in [0, 0.1) is 0 Å². The molecule has 31 heavy (non-hydrogen) atoms. The van der Waals surface area contributed by atoms with Crippen LogP contribution < -0.4 is 4.74 Å². The van der Waals surface area contributed by atoms with Crippen LogP contribution in [0.5, 0.6) is 5.75 Å². The highest BCUT2D eigenvalue weighted by atomic mass is 16.5. The molecule has 0 amide bonds. The second-order valence-electron chi connectivity index (χ2n) is 8.26. The van der Waals surface area contributed by atoms with E-state index < -0.39 is 5.97 Å². The summed E-state index contributed by atoms with van der Waals surface area (Å²) >= 11 is 0. The predicted octanol–water partition coefficient (Wildman–Crippen LogP) is 4.59. The van der Waals surface area contributed by atoms with Crippen molar-refractivity contribution in [1.29, 1.82) is 0 Å². The molecule has 0 aliphatic carbocycles. The van der Waals surface area contributed by atoms with Gasteiger partial charge in [0, 0.05) is 19.6 Å². The van der Waals surface area contributed by atoms with Crippen LogP contribution >= 0.6 is 0 Å². The maximum Gasteiger partial charge on any atom is 0.303 e. The summed E-state index contributed by atoms with van der Waals surface area (Å²) < 4.78 is 12.3. The number of aliphatic carboxylic acids is 1. The van der Waals surface area contributed by atoms with Crippen molar-refractivity contribution >= 4 is 5.97 Å². The minimum Gasteiger partial charge on any atom is -0.491 e. The quantitative estimate of drug-likeness (QED) is 0.476. The van der Waals surface area contributed by atoms with Crippen LogP contribution in [0.15, 0.2) is 54.6 Å². The third kappa shape index (κ3) is 8.72. The molecule has 1 saturated heterocycles. The third-order valence-corrected chi connectivity index (χ3v) is 5.72. The third-order valence-electron chi connectivity index (χ3n) is 5.72. The molecule has 0 aromatic heterocycles. The molecule has 168 valence electrons. The lowest BCUT2D eigenvalue weighted by Gasteiger charge is -2.30. The first-order valence-corrected chi connectivity index (χ1v) is 11.5. The Bertz CT molecular complexity index is 774. The van der Waals surface area contributed by atoms with Gasteiger partial charge >= 0.3 is 5.97 Å². The molecule has 1 atom stereocenters. The van der Waals surface area contributed by atoms with Gasteiger partial charge in [0.05, 0.1) is 0 Å². The molecule has 5 heteroatoms. The van der Waals surface area contributed by atoms with E-state index in [2.05, 4.69) is 41.3 Å². The van der Waals surface area contributed by atoms with Crippen molar-refractivity contribution in [2.24, 2.45) is 0 Å². The van der Waals surface area contributed by atoms with E-state index in [0.717, 1.165) is 38.2 Å². The second kappa shape index (κ2) is 13.1. The first-order chi connectivity index (χ1) is 15.2. The normalized spacial score (nSPS) is 15.5. The van der Waals surface area contributed by atoms with Crippen molar-refractivity contribution in [3.63, 3.8) is 0 Å². The minimum absolute atomic E-state index is 0.0610. The molecule has 1 fully saturated rings. The zero-order chi connectivity index (χ0) is 21.7. The summed E-state index contributed by atoms with van der Waals surface area (Å²) in [5.41, 5.74) is 2.52. The molecule has 1 aliphatic rings. The van der Waals surface area contributed by atoms with E-state index in [0.29, 0.717) is 19.6 Å². The van der Waals surface area contributed by atoms with Gasteiger partial charge in [0.2, 0.25) is 0 Å². The highest BCUT2D eigenvalue weighted by Gasteiger charge is 2.18. The Kier molecular flexibility index (Phi) is 9.87. The van der Waals surface area contributed by atoms with E-state index >= 15 is 0 Å². The number of nitrogens with zero attached hydrogens (tertiary/aromatic N) is 1. The van der Waals surface area contributed by atoms with Crippen LogP contribution in [-0.2, 0) is 22.4 Å². The lowest BCUT2D eigenvalue weighted by molar-refractivity contribution is -0.137. The topological polar surface area (TPSA) is 59.0 Å². The fourth-order valence-electron chi connectivity index (χ4n) is 4.01. The van der Waals surface area contributed by atoms with Gasteiger partial charge in [0.1, 0.15) is 18.5 Å². The van der Waals surface area contributed by atoms with E-state index in [-0.39, 0.29) is 12.5 Å². The van der Waals surface area contributed by atoms with Gasteiger partial charge in [-0.25, -0.2) is 0 Å². The average molecular weight is 426 g/mol. The van der Waals surface area contributed by atoms with E-state index in [1.165, 1.54) is 30.4 Å². The number of likely N-dealkylation sites (tertiary alicyclic amines) is 1. The first-order valence-electron chi connectivity index (χ1n) is 11.5. The Hall–Kier alpha value is -2.37. The van der Waals surface area contributed by atoms with Crippen LogP contribution in [0.25, 0.3) is 0 Å². The van der Waals surface area contributed by atoms with Crippen LogP contribution in [0.1, 0.15) is 43.2 Å². The SMILES string of the molecule is O=C(O)CCCOC(COc1ccccc1CCc1ccccc1)CN1CCCCC1. The molecule has 1 unspecified atom stereocenters. The number of piperidine rings is 1. The van der Waals surface area contributed by atoms with Gasteiger partial charge in [-0.3, -0.25) is 4.79 Å². The van der Waals surface area contributed by atoms with Gasteiger partial charge in [-0.2, -0.15) is 0 Å². The molecule has 1 N–H and O–H groups in total. The second-order valence-corrected chi connectivity index (χ2v) is 8.26. The molecule has 1 heterocycles. The van der Waals surface area contributed by atoms with Crippen LogP contribution in [0.3, 0.4) is 0 Å². The standard InChI is InChI=1S/C26H35NO4/c28-26(29)14-9-19-30-24(20-27-17-7-2-8-18-27)21-31-25-13-6-5-12-23(25)16-15-22-10-3-1-4-11-22/h1,3-6,10-13,24H,2,7-9,14-21H2,(H,28,29). The molecule has 0 bridgehead atoms. The molecule has 1 aliphatic heterocycles. The van der Waals surface area contributed by atoms with Gasteiger partial charge in [-0.05, 0) is 62.4 Å². The van der Waals surface area contributed by atoms with Crippen molar-refractivity contribution in [2.45, 2.75) is 51.0 Å². The van der Waals surface area contributed by atoms with Crippen LogP contribution in [0.2, 0.25) is 0 Å². The number of carbonyl (C=O) groups is 1. The zero-order valence-corrected chi connectivity index (χ0v) is 18.4. The number of para-hydroxylation sites is 1. The Labute approximate surface area is 186 Å². The van der Waals surface area contributed by atoms with Crippen molar-refractivity contribution in [1.82, 2.24) is 4.90 Å². The van der Waals surface area contributed by atoms with Gasteiger partial charge in [0.25, 0.3) is 0 Å². The van der Waals surface area contributed by atoms with Gasteiger partial charge in [-0.15, -0.1) is 0 Å².